The summed E-state index contributed by atoms with van der Waals surface area (Å²) in [4.78, 5) is 26.8. The monoisotopic (exact) mass is 374 g/mol. The maximum Gasteiger partial charge on any atom is 0.260 e. The van der Waals surface area contributed by atoms with Crippen molar-refractivity contribution in [3.8, 4) is 5.75 Å². The van der Waals surface area contributed by atoms with E-state index >= 15 is 0 Å². The Hall–Kier alpha value is -3.08. The Morgan fingerprint density at radius 3 is 2.71 bits per heavy atom. The highest BCUT2D eigenvalue weighted by Crippen LogP contribution is 2.35. The average Bonchev–Trinajstić information content (AvgIpc) is 2.72. The van der Waals surface area contributed by atoms with E-state index in [1.165, 1.54) is 0 Å². The molecule has 0 aliphatic carbocycles. The van der Waals surface area contributed by atoms with Crippen molar-refractivity contribution >= 4 is 16.7 Å². The largest absolute Gasteiger partial charge is 0.484 e. The average molecular weight is 374 g/mol. The molecule has 2 aromatic carbocycles. The number of likely N-dealkylation sites (tertiary alicyclic amines) is 1. The van der Waals surface area contributed by atoms with Gasteiger partial charge in [-0.15, -0.1) is 0 Å². The van der Waals surface area contributed by atoms with Crippen LogP contribution in [0.15, 0.2) is 65.5 Å². The van der Waals surface area contributed by atoms with Crippen molar-refractivity contribution < 1.29 is 9.53 Å². The summed E-state index contributed by atoms with van der Waals surface area (Å²) >= 11 is 0. The highest BCUT2D eigenvalue weighted by molar-refractivity contribution is 5.84. The molecule has 1 amide bonds. The number of pyridine rings is 1. The van der Waals surface area contributed by atoms with Crippen LogP contribution in [0.4, 0.5) is 0 Å². The molecule has 2 unspecified atom stereocenters. The molecule has 0 saturated carbocycles. The first kappa shape index (κ1) is 17.0. The van der Waals surface area contributed by atoms with Gasteiger partial charge >= 0.3 is 0 Å². The van der Waals surface area contributed by atoms with Gasteiger partial charge in [-0.25, -0.2) is 0 Å². The summed E-state index contributed by atoms with van der Waals surface area (Å²) in [6.07, 6.45) is 1.04. The molecule has 2 bridgehead atoms. The minimum absolute atomic E-state index is 0.00888. The van der Waals surface area contributed by atoms with E-state index in [4.69, 9.17) is 4.74 Å². The quantitative estimate of drug-likeness (QED) is 0.708. The molecule has 5 nitrogen and oxygen atoms in total. The van der Waals surface area contributed by atoms with E-state index in [1.54, 1.807) is 6.07 Å². The number of piperidine rings is 1. The van der Waals surface area contributed by atoms with E-state index in [1.807, 2.05) is 58.0 Å². The molecule has 1 saturated heterocycles. The summed E-state index contributed by atoms with van der Waals surface area (Å²) in [5.41, 5.74) is 1.11. The van der Waals surface area contributed by atoms with Crippen LogP contribution in [-0.4, -0.2) is 35.1 Å². The zero-order valence-corrected chi connectivity index (χ0v) is 15.6. The van der Waals surface area contributed by atoms with Crippen molar-refractivity contribution in [2.45, 2.75) is 18.9 Å². The number of carbonyl (C=O) groups is 1. The van der Waals surface area contributed by atoms with Crippen molar-refractivity contribution in [2.75, 3.05) is 19.7 Å². The number of aromatic nitrogens is 1. The third kappa shape index (κ3) is 3.07. The van der Waals surface area contributed by atoms with Crippen LogP contribution < -0.4 is 10.3 Å². The molecule has 0 N–H and O–H groups in total. The third-order valence-corrected chi connectivity index (χ3v) is 5.92. The molecule has 1 aromatic heterocycles. The molecule has 3 aromatic rings. The Kier molecular flexibility index (Phi) is 4.15. The maximum absolute atomic E-state index is 12.8. The standard InChI is InChI=1S/C23H22N2O3/c26-22-7-3-6-21-19-10-16(13-25(21)22)12-24(14-19)23(27)15-28-20-9-8-17-4-1-2-5-18(17)11-20/h1-9,11,16,19H,10,12-15H2. The maximum atomic E-state index is 12.8. The first-order valence-electron chi connectivity index (χ1n) is 9.76. The van der Waals surface area contributed by atoms with E-state index in [0.717, 1.165) is 22.9 Å². The lowest BCUT2D eigenvalue weighted by atomic mass is 9.83. The van der Waals surface area contributed by atoms with Crippen LogP contribution in [0.5, 0.6) is 5.75 Å². The van der Waals surface area contributed by atoms with Gasteiger partial charge in [-0.2, -0.15) is 0 Å². The number of benzene rings is 2. The first-order chi connectivity index (χ1) is 13.7. The molecule has 3 heterocycles. The lowest BCUT2D eigenvalue weighted by Crippen LogP contribution is -2.50. The van der Waals surface area contributed by atoms with Crippen molar-refractivity contribution in [3.05, 3.63) is 76.7 Å². The number of carbonyl (C=O) groups excluding carboxylic acids is 1. The van der Waals surface area contributed by atoms with Gasteiger partial charge < -0.3 is 14.2 Å². The summed E-state index contributed by atoms with van der Waals surface area (Å²) in [7, 11) is 0. The predicted molar refractivity (Wildman–Crippen MR) is 108 cm³/mol. The Morgan fingerprint density at radius 2 is 1.82 bits per heavy atom. The molecule has 5 rings (SSSR count). The van der Waals surface area contributed by atoms with Crippen LogP contribution in [0.25, 0.3) is 10.8 Å². The van der Waals surface area contributed by atoms with Gasteiger partial charge in [0.1, 0.15) is 5.75 Å². The lowest BCUT2D eigenvalue weighted by molar-refractivity contribution is -0.136. The second-order valence-corrected chi connectivity index (χ2v) is 7.79. The SMILES string of the molecule is O=C(COc1ccc2ccccc2c1)N1CC2CC(C1)c1cccc(=O)n1C2. The highest BCUT2D eigenvalue weighted by atomic mass is 16.5. The highest BCUT2D eigenvalue weighted by Gasteiger charge is 2.36. The van der Waals surface area contributed by atoms with Crippen molar-refractivity contribution in [1.82, 2.24) is 9.47 Å². The molecule has 5 heteroatoms. The lowest BCUT2D eigenvalue weighted by Gasteiger charge is -2.42. The van der Waals surface area contributed by atoms with Gasteiger partial charge in [0.15, 0.2) is 6.61 Å². The molecule has 2 aliphatic heterocycles. The minimum Gasteiger partial charge on any atom is -0.484 e. The Balaban J connectivity index is 1.28. The fraction of sp³-hybridized carbons (Fsp3) is 0.304. The van der Waals surface area contributed by atoms with Crippen LogP contribution in [0, 0.1) is 5.92 Å². The normalized spacial score (nSPS) is 20.6. The van der Waals surface area contributed by atoms with Gasteiger partial charge in [-0.1, -0.05) is 36.4 Å². The van der Waals surface area contributed by atoms with Crippen LogP contribution in [-0.2, 0) is 11.3 Å². The van der Waals surface area contributed by atoms with Crippen LogP contribution in [0.3, 0.4) is 0 Å². The van der Waals surface area contributed by atoms with E-state index < -0.39 is 0 Å². The smallest absolute Gasteiger partial charge is 0.260 e. The van der Waals surface area contributed by atoms with Gasteiger partial charge in [0, 0.05) is 37.3 Å². The number of hydrogen-bond acceptors (Lipinski definition) is 3. The number of amides is 1. The summed E-state index contributed by atoms with van der Waals surface area (Å²) in [5.74, 6) is 1.28. The van der Waals surface area contributed by atoms with Crippen molar-refractivity contribution in [1.29, 1.82) is 0 Å². The van der Waals surface area contributed by atoms with Crippen LogP contribution in [0.1, 0.15) is 18.0 Å². The molecule has 0 radical (unpaired) electrons. The topological polar surface area (TPSA) is 51.5 Å². The first-order valence-corrected chi connectivity index (χ1v) is 9.76. The molecule has 2 aliphatic rings. The number of ether oxygens (including phenoxy) is 1. The van der Waals surface area contributed by atoms with Crippen LogP contribution in [0.2, 0.25) is 0 Å². The minimum atomic E-state index is 0.00888. The van der Waals surface area contributed by atoms with E-state index in [-0.39, 0.29) is 24.0 Å². The van der Waals surface area contributed by atoms with Gasteiger partial charge in [-0.3, -0.25) is 9.59 Å². The zero-order chi connectivity index (χ0) is 19.1. The zero-order valence-electron chi connectivity index (χ0n) is 15.6. The van der Waals surface area contributed by atoms with Crippen molar-refractivity contribution in [2.24, 2.45) is 5.92 Å². The number of nitrogens with zero attached hydrogens (tertiary/aromatic N) is 2. The second-order valence-electron chi connectivity index (χ2n) is 7.79. The van der Waals surface area contributed by atoms with Gasteiger partial charge in [0.25, 0.3) is 11.5 Å². The Morgan fingerprint density at radius 1 is 0.964 bits per heavy atom. The molecular formula is C23H22N2O3. The third-order valence-electron chi connectivity index (χ3n) is 5.92. The fourth-order valence-electron chi connectivity index (χ4n) is 4.59. The Bertz CT molecular complexity index is 1100. The molecule has 28 heavy (non-hydrogen) atoms. The number of rotatable bonds is 3. The summed E-state index contributed by atoms with van der Waals surface area (Å²) in [6.45, 7) is 2.08. The number of fused-ring (bicyclic) bond motifs is 5. The van der Waals surface area contributed by atoms with Crippen LogP contribution >= 0.6 is 0 Å². The van der Waals surface area contributed by atoms with Gasteiger partial charge in [0.2, 0.25) is 0 Å². The summed E-state index contributed by atoms with van der Waals surface area (Å²) in [6, 6.07) is 19.4. The Labute approximate surface area is 163 Å². The predicted octanol–water partition coefficient (Wildman–Crippen LogP) is 3.03. The molecule has 142 valence electrons. The van der Waals surface area contributed by atoms with E-state index in [0.29, 0.717) is 31.3 Å². The van der Waals surface area contributed by atoms with E-state index in [9.17, 15) is 9.59 Å². The van der Waals surface area contributed by atoms with Gasteiger partial charge in [-0.05, 0) is 41.3 Å². The fourth-order valence-corrected chi connectivity index (χ4v) is 4.59. The van der Waals surface area contributed by atoms with E-state index in [2.05, 4.69) is 6.07 Å². The van der Waals surface area contributed by atoms with Gasteiger partial charge in [0.05, 0.1) is 0 Å². The number of hydrogen-bond donors (Lipinski definition) is 0. The summed E-state index contributed by atoms with van der Waals surface area (Å²) < 4.78 is 7.67. The molecular weight excluding hydrogens is 352 g/mol. The summed E-state index contributed by atoms with van der Waals surface area (Å²) in [5, 5.41) is 2.25. The molecule has 2 atom stereocenters. The molecule has 1 fully saturated rings. The molecule has 0 spiro atoms. The van der Waals surface area contributed by atoms with Crippen molar-refractivity contribution in [3.63, 3.8) is 0 Å². The second kappa shape index (κ2) is 6.82.